The summed E-state index contributed by atoms with van der Waals surface area (Å²) in [6.07, 6.45) is 2.39. The minimum Gasteiger partial charge on any atom is -0.372 e. The van der Waals surface area contributed by atoms with Gasteiger partial charge in [-0.1, -0.05) is 54.1 Å². The van der Waals surface area contributed by atoms with Gasteiger partial charge in [0.2, 0.25) is 10.0 Å². The van der Waals surface area contributed by atoms with Gasteiger partial charge in [-0.25, -0.2) is 13.1 Å². The molecule has 1 saturated heterocycles. The molecule has 1 aliphatic heterocycles. The van der Waals surface area contributed by atoms with E-state index in [9.17, 15) is 13.2 Å². The van der Waals surface area contributed by atoms with E-state index < -0.39 is 16.1 Å². The van der Waals surface area contributed by atoms with Crippen molar-refractivity contribution in [3.63, 3.8) is 0 Å². The first kappa shape index (κ1) is 26.0. The van der Waals surface area contributed by atoms with E-state index in [1.807, 2.05) is 31.2 Å². The van der Waals surface area contributed by atoms with Crippen molar-refractivity contribution >= 4 is 48.9 Å². The third kappa shape index (κ3) is 5.77. The van der Waals surface area contributed by atoms with Crippen molar-refractivity contribution in [1.82, 2.24) is 9.29 Å². The highest BCUT2D eigenvalue weighted by Crippen LogP contribution is 2.27. The number of hydrogen-bond acceptors (Lipinski definition) is 5. The summed E-state index contributed by atoms with van der Waals surface area (Å²) in [5.41, 5.74) is 3.73. The van der Waals surface area contributed by atoms with Crippen molar-refractivity contribution in [2.24, 2.45) is 5.92 Å². The summed E-state index contributed by atoms with van der Waals surface area (Å²) in [6, 6.07) is 19.9. The van der Waals surface area contributed by atoms with Gasteiger partial charge in [0.1, 0.15) is 0 Å². The molecule has 1 fully saturated rings. The van der Waals surface area contributed by atoms with Crippen LogP contribution in [0.4, 0.5) is 5.69 Å². The molecular weight excluding hydrogens is 526 g/mol. The normalized spacial score (nSPS) is 15.8. The summed E-state index contributed by atoms with van der Waals surface area (Å²) >= 11 is 7.01. The molecule has 9 heteroatoms. The molecule has 194 valence electrons. The molecule has 0 radical (unpaired) electrons. The van der Waals surface area contributed by atoms with Crippen LogP contribution in [-0.4, -0.2) is 26.1 Å². The number of nitrogens with one attached hydrogen (secondary N) is 1. The van der Waals surface area contributed by atoms with Gasteiger partial charge in [-0.3, -0.25) is 9.36 Å². The molecule has 0 saturated carbocycles. The smallest absolute Gasteiger partial charge is 0.308 e. The second kappa shape index (κ2) is 10.6. The predicted molar refractivity (Wildman–Crippen MR) is 152 cm³/mol. The molecule has 1 aliphatic rings. The minimum absolute atomic E-state index is 0.135. The molecule has 0 bridgehead atoms. The molecule has 0 spiro atoms. The Hall–Kier alpha value is -2.65. The van der Waals surface area contributed by atoms with Gasteiger partial charge in [0, 0.05) is 29.8 Å². The van der Waals surface area contributed by atoms with Crippen LogP contribution >= 0.6 is 22.9 Å². The van der Waals surface area contributed by atoms with E-state index in [0.29, 0.717) is 21.8 Å². The molecule has 6 nitrogen and oxygen atoms in total. The number of sulfonamides is 1. The molecule has 1 aromatic heterocycles. The first-order valence-corrected chi connectivity index (χ1v) is 15.1. The SMILES string of the molecule is CC1CCN(c2ccc([C@H](C)NS(=O)(=O)c3ccc4c(c3)sc(=O)n4Cc3ccc(Cl)cc3)cc2)CC1. The molecule has 4 aromatic rings. The molecule has 5 rings (SSSR count). The number of halogens is 1. The second-order valence-electron chi connectivity index (χ2n) is 9.81. The quantitative estimate of drug-likeness (QED) is 0.302. The highest BCUT2D eigenvalue weighted by Gasteiger charge is 2.21. The number of thiazole rings is 1. The van der Waals surface area contributed by atoms with Crippen LogP contribution in [0.1, 0.15) is 43.9 Å². The Balaban J connectivity index is 1.31. The average Bonchev–Trinajstić information content (AvgIpc) is 3.19. The number of nitrogens with zero attached hydrogens (tertiary/aromatic N) is 2. The number of hydrogen-bond donors (Lipinski definition) is 1. The van der Waals surface area contributed by atoms with Gasteiger partial charge in [0.15, 0.2) is 0 Å². The fourth-order valence-corrected chi connectivity index (χ4v) is 7.13. The van der Waals surface area contributed by atoms with Crippen LogP contribution < -0.4 is 14.5 Å². The lowest BCUT2D eigenvalue weighted by Crippen LogP contribution is -2.32. The van der Waals surface area contributed by atoms with E-state index in [-0.39, 0.29) is 9.77 Å². The fraction of sp³-hybridized carbons (Fsp3) is 0.321. The summed E-state index contributed by atoms with van der Waals surface area (Å²) in [5, 5.41) is 0.635. The molecule has 0 aliphatic carbocycles. The van der Waals surface area contributed by atoms with Crippen LogP contribution in [0.15, 0.2) is 76.4 Å². The average molecular weight is 556 g/mol. The van der Waals surface area contributed by atoms with Crippen molar-refractivity contribution in [2.45, 2.75) is 44.2 Å². The first-order chi connectivity index (χ1) is 17.7. The van der Waals surface area contributed by atoms with Crippen LogP contribution in [0.3, 0.4) is 0 Å². The Morgan fingerprint density at radius 1 is 1.03 bits per heavy atom. The summed E-state index contributed by atoms with van der Waals surface area (Å²) in [4.78, 5) is 15.1. The van der Waals surface area contributed by atoms with E-state index in [2.05, 4.69) is 28.7 Å². The van der Waals surface area contributed by atoms with Crippen molar-refractivity contribution < 1.29 is 8.42 Å². The zero-order chi connectivity index (χ0) is 26.2. The highest BCUT2D eigenvalue weighted by molar-refractivity contribution is 7.89. The Kier molecular flexibility index (Phi) is 7.45. The monoisotopic (exact) mass is 555 g/mol. The van der Waals surface area contributed by atoms with Crippen LogP contribution in [0.5, 0.6) is 0 Å². The van der Waals surface area contributed by atoms with Crippen molar-refractivity contribution in [2.75, 3.05) is 18.0 Å². The number of aromatic nitrogens is 1. The minimum atomic E-state index is -3.78. The molecule has 1 N–H and O–H groups in total. The maximum Gasteiger partial charge on any atom is 0.308 e. The van der Waals surface area contributed by atoms with Gasteiger partial charge < -0.3 is 4.90 Å². The summed E-state index contributed by atoms with van der Waals surface area (Å²) in [7, 11) is -3.78. The number of fused-ring (bicyclic) bond motifs is 1. The van der Waals surface area contributed by atoms with E-state index in [1.54, 1.807) is 34.9 Å². The van der Waals surface area contributed by atoms with Crippen LogP contribution in [0.2, 0.25) is 5.02 Å². The van der Waals surface area contributed by atoms with E-state index in [4.69, 9.17) is 11.6 Å². The fourth-order valence-electron chi connectivity index (χ4n) is 4.75. The van der Waals surface area contributed by atoms with Gasteiger partial charge in [0.05, 0.1) is 21.7 Å². The van der Waals surface area contributed by atoms with E-state index >= 15 is 0 Å². The van der Waals surface area contributed by atoms with E-state index in [0.717, 1.165) is 41.5 Å². The zero-order valence-corrected chi connectivity index (χ0v) is 23.2. The van der Waals surface area contributed by atoms with Gasteiger partial charge in [0.25, 0.3) is 0 Å². The summed E-state index contributed by atoms with van der Waals surface area (Å²) < 4.78 is 31.5. The highest BCUT2D eigenvalue weighted by atomic mass is 35.5. The predicted octanol–water partition coefficient (Wildman–Crippen LogP) is 6.04. The Bertz CT molecular complexity index is 1550. The molecule has 1 atom stereocenters. The lowest BCUT2D eigenvalue weighted by atomic mass is 9.98. The van der Waals surface area contributed by atoms with Gasteiger partial charge >= 0.3 is 4.87 Å². The summed E-state index contributed by atoms with van der Waals surface area (Å²) in [6.45, 7) is 6.64. The standard InChI is InChI=1S/C28H30ClN3O3S2/c1-19-13-15-31(16-14-19)24-9-5-22(6-10-24)20(2)30-37(34,35)25-11-12-26-27(17-25)36-28(33)32(26)18-21-3-7-23(29)8-4-21/h3-12,17,19-20,30H,13-16,18H2,1-2H3/t20-/m0/s1. The third-order valence-electron chi connectivity index (χ3n) is 7.08. The van der Waals surface area contributed by atoms with Crippen LogP contribution in [0.25, 0.3) is 10.2 Å². The first-order valence-electron chi connectivity index (χ1n) is 12.4. The van der Waals surface area contributed by atoms with Crippen molar-refractivity contribution in [3.8, 4) is 0 Å². The zero-order valence-electron chi connectivity index (χ0n) is 20.9. The third-order valence-corrected chi connectivity index (χ3v) is 9.81. The van der Waals surface area contributed by atoms with Crippen molar-refractivity contribution in [1.29, 1.82) is 0 Å². The largest absolute Gasteiger partial charge is 0.372 e. The second-order valence-corrected chi connectivity index (χ2v) is 13.0. The maximum atomic E-state index is 13.2. The van der Waals surface area contributed by atoms with E-state index in [1.165, 1.54) is 18.5 Å². The molecule has 2 heterocycles. The molecular formula is C28H30ClN3O3S2. The van der Waals surface area contributed by atoms with Crippen LogP contribution in [-0.2, 0) is 16.6 Å². The number of piperidine rings is 1. The number of anilines is 1. The van der Waals surface area contributed by atoms with Gasteiger partial charge in [-0.15, -0.1) is 0 Å². The number of benzene rings is 3. The molecule has 37 heavy (non-hydrogen) atoms. The molecule has 0 amide bonds. The summed E-state index contributed by atoms with van der Waals surface area (Å²) in [5.74, 6) is 0.771. The van der Waals surface area contributed by atoms with Crippen molar-refractivity contribution in [3.05, 3.63) is 92.5 Å². The number of rotatable bonds is 7. The lowest BCUT2D eigenvalue weighted by Gasteiger charge is -2.32. The van der Waals surface area contributed by atoms with Gasteiger partial charge in [-0.2, -0.15) is 0 Å². The lowest BCUT2D eigenvalue weighted by molar-refractivity contribution is 0.438. The topological polar surface area (TPSA) is 71.4 Å². The van der Waals surface area contributed by atoms with Crippen LogP contribution in [0, 0.1) is 5.92 Å². The maximum absolute atomic E-state index is 13.2. The Labute approximate surface area is 226 Å². The van der Waals surface area contributed by atoms with Gasteiger partial charge in [-0.05, 0) is 79.3 Å². The molecule has 3 aromatic carbocycles. The molecule has 0 unspecified atom stereocenters. The Morgan fingerprint density at radius 3 is 2.38 bits per heavy atom. The Morgan fingerprint density at radius 2 is 1.70 bits per heavy atom.